The van der Waals surface area contributed by atoms with Crippen molar-refractivity contribution in [3.63, 3.8) is 0 Å². The molecule has 18 heavy (non-hydrogen) atoms. The number of amides is 1. The number of nitrogens with zero attached hydrogens (tertiary/aromatic N) is 1. The average Bonchev–Trinajstić information content (AvgIpc) is 2.87. The van der Waals surface area contributed by atoms with Gasteiger partial charge >= 0.3 is 5.97 Å². The SMILES string of the molecule is O=C(O)c1csc(C(=O)NCC2COCCO2)n1. The van der Waals surface area contributed by atoms with Gasteiger partial charge in [0, 0.05) is 11.9 Å². The van der Waals surface area contributed by atoms with Crippen molar-refractivity contribution >= 4 is 23.2 Å². The summed E-state index contributed by atoms with van der Waals surface area (Å²) in [6.45, 7) is 1.85. The lowest BCUT2D eigenvalue weighted by Gasteiger charge is -2.22. The first kappa shape index (κ1) is 12.9. The summed E-state index contributed by atoms with van der Waals surface area (Å²) in [5, 5.41) is 12.8. The van der Waals surface area contributed by atoms with Crippen LogP contribution in [-0.2, 0) is 9.47 Å². The van der Waals surface area contributed by atoms with E-state index in [-0.39, 0.29) is 16.8 Å². The lowest BCUT2D eigenvalue weighted by Crippen LogP contribution is -2.39. The number of aromatic carboxylic acids is 1. The average molecular weight is 272 g/mol. The van der Waals surface area contributed by atoms with E-state index >= 15 is 0 Å². The Balaban J connectivity index is 1.84. The quantitative estimate of drug-likeness (QED) is 0.799. The normalized spacial score (nSPS) is 19.4. The Morgan fingerprint density at radius 1 is 1.56 bits per heavy atom. The molecular formula is C10H12N2O5S. The number of carboxylic acids is 1. The number of thiazole rings is 1. The first-order valence-corrected chi connectivity index (χ1v) is 6.21. The Morgan fingerprint density at radius 2 is 2.39 bits per heavy atom. The van der Waals surface area contributed by atoms with E-state index in [2.05, 4.69) is 10.3 Å². The zero-order chi connectivity index (χ0) is 13.0. The second-order valence-electron chi connectivity index (χ2n) is 3.62. The van der Waals surface area contributed by atoms with Gasteiger partial charge in [0.2, 0.25) is 0 Å². The van der Waals surface area contributed by atoms with Crippen molar-refractivity contribution in [2.45, 2.75) is 6.10 Å². The molecule has 8 heteroatoms. The highest BCUT2D eigenvalue weighted by Gasteiger charge is 2.18. The number of carbonyl (C=O) groups is 2. The Labute approximate surface area is 107 Å². The molecular weight excluding hydrogens is 260 g/mol. The van der Waals surface area contributed by atoms with Crippen LogP contribution in [0.15, 0.2) is 5.38 Å². The third-order valence-corrected chi connectivity index (χ3v) is 3.13. The number of carbonyl (C=O) groups excluding carboxylic acids is 1. The van der Waals surface area contributed by atoms with Gasteiger partial charge in [-0.2, -0.15) is 0 Å². The standard InChI is InChI=1S/C10H12N2O5S/c13-8(9-12-7(5-18-9)10(14)15)11-3-6-4-16-1-2-17-6/h5-6H,1-4H2,(H,11,13)(H,14,15). The summed E-state index contributed by atoms with van der Waals surface area (Å²) < 4.78 is 10.5. The van der Waals surface area contributed by atoms with E-state index in [1.807, 2.05) is 0 Å². The minimum atomic E-state index is -1.14. The van der Waals surface area contributed by atoms with Crippen molar-refractivity contribution in [2.75, 3.05) is 26.4 Å². The second kappa shape index (κ2) is 5.89. The van der Waals surface area contributed by atoms with Gasteiger partial charge in [-0.1, -0.05) is 0 Å². The van der Waals surface area contributed by atoms with Gasteiger partial charge in [-0.3, -0.25) is 4.79 Å². The first-order chi connectivity index (χ1) is 8.66. The molecule has 1 saturated heterocycles. The lowest BCUT2D eigenvalue weighted by molar-refractivity contribution is -0.0855. The Hall–Kier alpha value is -1.51. The van der Waals surface area contributed by atoms with Gasteiger partial charge in [-0.15, -0.1) is 11.3 Å². The largest absolute Gasteiger partial charge is 0.476 e. The van der Waals surface area contributed by atoms with Crippen LogP contribution in [0.1, 0.15) is 20.3 Å². The van der Waals surface area contributed by atoms with Crippen LogP contribution < -0.4 is 5.32 Å². The van der Waals surface area contributed by atoms with Crippen LogP contribution in [-0.4, -0.2) is 54.4 Å². The summed E-state index contributed by atoms with van der Waals surface area (Å²) >= 11 is 0.997. The van der Waals surface area contributed by atoms with Gasteiger partial charge in [0.15, 0.2) is 10.7 Å². The molecule has 1 aliphatic heterocycles. The monoisotopic (exact) mass is 272 g/mol. The molecule has 1 amide bonds. The van der Waals surface area contributed by atoms with Crippen molar-refractivity contribution < 1.29 is 24.2 Å². The van der Waals surface area contributed by atoms with Crippen molar-refractivity contribution in [2.24, 2.45) is 0 Å². The number of hydrogen-bond donors (Lipinski definition) is 2. The molecule has 0 saturated carbocycles. The molecule has 1 fully saturated rings. The maximum Gasteiger partial charge on any atom is 0.355 e. The van der Waals surface area contributed by atoms with E-state index < -0.39 is 11.9 Å². The highest BCUT2D eigenvalue weighted by molar-refractivity contribution is 7.11. The number of rotatable bonds is 4. The van der Waals surface area contributed by atoms with Crippen LogP contribution in [0.25, 0.3) is 0 Å². The Bertz CT molecular complexity index is 441. The fourth-order valence-corrected chi connectivity index (χ4v) is 2.12. The summed E-state index contributed by atoms with van der Waals surface area (Å²) in [7, 11) is 0. The topological polar surface area (TPSA) is 97.8 Å². The highest BCUT2D eigenvalue weighted by Crippen LogP contribution is 2.09. The smallest absolute Gasteiger partial charge is 0.355 e. The minimum absolute atomic E-state index is 0.123. The van der Waals surface area contributed by atoms with Gasteiger partial charge in [0.05, 0.1) is 25.9 Å². The van der Waals surface area contributed by atoms with Gasteiger partial charge in [0.1, 0.15) is 0 Å². The first-order valence-electron chi connectivity index (χ1n) is 5.33. The van der Waals surface area contributed by atoms with Crippen LogP contribution in [0.4, 0.5) is 0 Å². The van der Waals surface area contributed by atoms with Crippen molar-refractivity contribution in [3.05, 3.63) is 16.1 Å². The molecule has 2 heterocycles. The van der Waals surface area contributed by atoms with Gasteiger partial charge < -0.3 is 19.9 Å². The van der Waals surface area contributed by atoms with Crippen LogP contribution in [0.2, 0.25) is 0 Å². The van der Waals surface area contributed by atoms with Crippen LogP contribution in [0.3, 0.4) is 0 Å². The molecule has 0 aliphatic carbocycles. The zero-order valence-electron chi connectivity index (χ0n) is 9.42. The minimum Gasteiger partial charge on any atom is -0.476 e. The molecule has 98 valence electrons. The fourth-order valence-electron chi connectivity index (χ4n) is 1.41. The lowest BCUT2D eigenvalue weighted by atomic mass is 10.3. The summed E-state index contributed by atoms with van der Waals surface area (Å²) in [6.07, 6.45) is -0.165. The van der Waals surface area contributed by atoms with Crippen LogP contribution in [0.5, 0.6) is 0 Å². The maximum atomic E-state index is 11.7. The third kappa shape index (κ3) is 3.25. The van der Waals surface area contributed by atoms with E-state index in [0.29, 0.717) is 26.4 Å². The second-order valence-corrected chi connectivity index (χ2v) is 4.48. The predicted octanol–water partition coefficient (Wildman–Crippen LogP) is -0.0135. The number of nitrogens with one attached hydrogen (secondary N) is 1. The Kier molecular flexibility index (Phi) is 4.24. The molecule has 1 unspecified atom stereocenters. The summed E-state index contributed by atoms with van der Waals surface area (Å²) in [5.41, 5.74) is -0.123. The van der Waals surface area contributed by atoms with Crippen molar-refractivity contribution in [3.8, 4) is 0 Å². The van der Waals surface area contributed by atoms with Crippen LogP contribution >= 0.6 is 11.3 Å². The van der Waals surface area contributed by atoms with Crippen molar-refractivity contribution in [1.82, 2.24) is 10.3 Å². The van der Waals surface area contributed by atoms with E-state index in [4.69, 9.17) is 14.6 Å². The molecule has 0 aromatic carbocycles. The summed E-state index contributed by atoms with van der Waals surface area (Å²) in [5.74, 6) is -1.55. The van der Waals surface area contributed by atoms with E-state index in [9.17, 15) is 9.59 Å². The van der Waals surface area contributed by atoms with Crippen LogP contribution in [0, 0.1) is 0 Å². The van der Waals surface area contributed by atoms with Gasteiger partial charge in [0.25, 0.3) is 5.91 Å². The zero-order valence-corrected chi connectivity index (χ0v) is 10.2. The molecule has 0 spiro atoms. The number of ether oxygens (including phenoxy) is 2. The molecule has 2 N–H and O–H groups in total. The predicted molar refractivity (Wildman–Crippen MR) is 62.0 cm³/mol. The molecule has 7 nitrogen and oxygen atoms in total. The molecule has 1 aromatic rings. The number of hydrogen-bond acceptors (Lipinski definition) is 6. The maximum absolute atomic E-state index is 11.7. The van der Waals surface area contributed by atoms with Gasteiger partial charge in [-0.05, 0) is 0 Å². The Morgan fingerprint density at radius 3 is 3.00 bits per heavy atom. The summed E-state index contributed by atoms with van der Waals surface area (Å²) in [4.78, 5) is 26.0. The summed E-state index contributed by atoms with van der Waals surface area (Å²) in [6, 6.07) is 0. The molecule has 1 aromatic heterocycles. The highest BCUT2D eigenvalue weighted by atomic mass is 32.1. The molecule has 0 bridgehead atoms. The van der Waals surface area contributed by atoms with Gasteiger partial charge in [-0.25, -0.2) is 9.78 Å². The molecule has 0 radical (unpaired) electrons. The molecule has 1 atom stereocenters. The number of carboxylic acid groups (broad SMARTS) is 1. The molecule has 1 aliphatic rings. The van der Waals surface area contributed by atoms with Crippen molar-refractivity contribution in [1.29, 1.82) is 0 Å². The number of aromatic nitrogens is 1. The van der Waals surface area contributed by atoms with E-state index in [1.54, 1.807) is 0 Å². The van der Waals surface area contributed by atoms with E-state index in [1.165, 1.54) is 5.38 Å². The van der Waals surface area contributed by atoms with E-state index in [0.717, 1.165) is 11.3 Å². The third-order valence-electron chi connectivity index (χ3n) is 2.29. The molecule has 2 rings (SSSR count). The fraction of sp³-hybridized carbons (Fsp3) is 0.500.